The smallest absolute Gasteiger partial charge is 0.0994 e. The van der Waals surface area contributed by atoms with E-state index in [1.54, 1.807) is 13.8 Å². The van der Waals surface area contributed by atoms with Crippen LogP contribution in [0.15, 0.2) is 15.4 Å². The second kappa shape index (κ2) is 5.46. The van der Waals surface area contributed by atoms with Gasteiger partial charge < -0.3 is 5.21 Å². The zero-order valence-electron chi connectivity index (χ0n) is 8.00. The van der Waals surface area contributed by atoms with E-state index in [0.29, 0.717) is 11.4 Å². The molecule has 0 saturated carbocycles. The Morgan fingerprint density at radius 1 is 1.08 bits per heavy atom. The van der Waals surface area contributed by atoms with E-state index in [4.69, 9.17) is 5.21 Å². The zero-order valence-corrected chi connectivity index (χ0v) is 8.00. The molecule has 1 N–H and O–H groups in total. The molecule has 0 amide bonds. The molecule has 0 fully saturated rings. The monoisotopic (exact) mass is 169 g/mol. The number of hydrogen-bond donors (Lipinski definition) is 1. The first-order valence-corrected chi connectivity index (χ1v) is 3.88. The molecule has 68 valence electrons. The summed E-state index contributed by atoms with van der Waals surface area (Å²) in [4.78, 5) is 0. The second-order valence-corrected chi connectivity index (χ2v) is 2.56. The average molecular weight is 169 g/mol. The minimum absolute atomic E-state index is 0.489. The van der Waals surface area contributed by atoms with Crippen molar-refractivity contribution in [3.8, 4) is 0 Å². The van der Waals surface area contributed by atoms with Crippen molar-refractivity contribution in [3.05, 3.63) is 0 Å². The van der Waals surface area contributed by atoms with Crippen LogP contribution in [-0.2, 0) is 0 Å². The highest BCUT2D eigenvalue weighted by molar-refractivity contribution is 6.40. The van der Waals surface area contributed by atoms with E-state index in [0.717, 1.165) is 12.1 Å². The van der Waals surface area contributed by atoms with Gasteiger partial charge in [-0.05, 0) is 27.2 Å². The summed E-state index contributed by atoms with van der Waals surface area (Å²) in [6.45, 7) is 7.34. The highest BCUT2D eigenvalue weighted by atomic mass is 16.4. The van der Waals surface area contributed by atoms with Gasteiger partial charge in [0, 0.05) is 5.71 Å². The van der Waals surface area contributed by atoms with E-state index in [1.807, 2.05) is 13.8 Å². The summed E-state index contributed by atoms with van der Waals surface area (Å²) in [5, 5.41) is 19.2. The number of hydrogen-bond acceptors (Lipinski definition) is 4. The van der Waals surface area contributed by atoms with Crippen LogP contribution < -0.4 is 0 Å². The molecule has 0 bridgehead atoms. The lowest BCUT2D eigenvalue weighted by Gasteiger charge is -1.93. The third-order valence-electron chi connectivity index (χ3n) is 1.56. The molecule has 0 saturated heterocycles. The van der Waals surface area contributed by atoms with Crippen molar-refractivity contribution < 1.29 is 5.21 Å². The molecular formula is C8H15N3O. The predicted molar refractivity (Wildman–Crippen MR) is 51.4 cm³/mol. The number of rotatable bonds is 3. The fourth-order valence-electron chi connectivity index (χ4n) is 0.376. The molecule has 0 spiro atoms. The summed E-state index contributed by atoms with van der Waals surface area (Å²) >= 11 is 0. The summed E-state index contributed by atoms with van der Waals surface area (Å²) in [7, 11) is 0. The minimum Gasteiger partial charge on any atom is -0.411 e. The van der Waals surface area contributed by atoms with Crippen molar-refractivity contribution in [2.75, 3.05) is 0 Å². The largest absolute Gasteiger partial charge is 0.411 e. The molecule has 0 aliphatic carbocycles. The summed E-state index contributed by atoms with van der Waals surface area (Å²) in [5.41, 5.74) is 2.08. The first kappa shape index (κ1) is 10.8. The summed E-state index contributed by atoms with van der Waals surface area (Å²) < 4.78 is 0. The van der Waals surface area contributed by atoms with Gasteiger partial charge in [0.15, 0.2) is 0 Å². The normalized spacial score (nSPS) is 15.2. The molecule has 0 rings (SSSR count). The lowest BCUT2D eigenvalue weighted by Crippen LogP contribution is -2.04. The average Bonchev–Trinajstić information content (AvgIpc) is 2.11. The molecule has 0 aromatic rings. The maximum Gasteiger partial charge on any atom is 0.0994 e. The van der Waals surface area contributed by atoms with Gasteiger partial charge in [-0.1, -0.05) is 12.1 Å². The van der Waals surface area contributed by atoms with Gasteiger partial charge in [-0.15, -0.1) is 0 Å². The van der Waals surface area contributed by atoms with Crippen molar-refractivity contribution >= 4 is 17.1 Å². The van der Waals surface area contributed by atoms with E-state index in [2.05, 4.69) is 15.4 Å². The Labute approximate surface area is 72.7 Å². The molecular weight excluding hydrogens is 154 g/mol. The van der Waals surface area contributed by atoms with Crippen LogP contribution in [0, 0.1) is 0 Å². The van der Waals surface area contributed by atoms with Crippen LogP contribution >= 0.6 is 0 Å². The van der Waals surface area contributed by atoms with Crippen molar-refractivity contribution in [2.45, 2.75) is 34.1 Å². The maximum absolute atomic E-state index is 8.39. The van der Waals surface area contributed by atoms with Crippen LogP contribution in [0.5, 0.6) is 0 Å². The quantitative estimate of drug-likeness (QED) is 0.392. The minimum atomic E-state index is 0.489. The molecule has 0 aliphatic rings. The van der Waals surface area contributed by atoms with Crippen molar-refractivity contribution in [1.29, 1.82) is 0 Å². The van der Waals surface area contributed by atoms with Gasteiger partial charge in [0.05, 0.1) is 11.4 Å². The molecule has 4 heteroatoms. The fourth-order valence-corrected chi connectivity index (χ4v) is 0.376. The molecule has 0 heterocycles. The Morgan fingerprint density at radius 3 is 2.08 bits per heavy atom. The number of nitrogens with zero attached hydrogens (tertiary/aromatic N) is 3. The second-order valence-electron chi connectivity index (χ2n) is 2.56. The van der Waals surface area contributed by atoms with Gasteiger partial charge in [0.25, 0.3) is 0 Å². The van der Waals surface area contributed by atoms with E-state index in [9.17, 15) is 0 Å². The molecule has 0 aliphatic heterocycles. The Balaban J connectivity index is 4.38. The Hall–Kier alpha value is -1.19. The molecule has 0 radical (unpaired) electrons. The van der Waals surface area contributed by atoms with Gasteiger partial charge in [-0.25, -0.2) is 0 Å². The highest BCUT2D eigenvalue weighted by Gasteiger charge is 1.95. The van der Waals surface area contributed by atoms with Crippen LogP contribution in [0.25, 0.3) is 0 Å². The topological polar surface area (TPSA) is 57.3 Å². The van der Waals surface area contributed by atoms with Crippen LogP contribution in [0.3, 0.4) is 0 Å². The van der Waals surface area contributed by atoms with E-state index < -0.39 is 0 Å². The van der Waals surface area contributed by atoms with E-state index in [1.165, 1.54) is 0 Å². The van der Waals surface area contributed by atoms with Crippen molar-refractivity contribution in [1.82, 2.24) is 0 Å². The summed E-state index contributed by atoms with van der Waals surface area (Å²) in [6.07, 6.45) is 0.881. The Kier molecular flexibility index (Phi) is 4.92. The highest BCUT2D eigenvalue weighted by Crippen LogP contribution is 1.89. The van der Waals surface area contributed by atoms with Crippen LogP contribution in [0.4, 0.5) is 0 Å². The standard InChI is InChI=1S/C8H15N3O/c1-5-6(2)9-10-7(3)8(4)11-12/h12H,5H2,1-4H3/b9-6+,10-7+,11-8+. The van der Waals surface area contributed by atoms with Crippen LogP contribution in [0.2, 0.25) is 0 Å². The van der Waals surface area contributed by atoms with Gasteiger partial charge in [-0.2, -0.15) is 10.2 Å². The van der Waals surface area contributed by atoms with Crippen molar-refractivity contribution in [2.24, 2.45) is 15.4 Å². The van der Waals surface area contributed by atoms with Gasteiger partial charge in [0.1, 0.15) is 0 Å². The molecule has 0 unspecified atom stereocenters. The molecule has 0 aromatic carbocycles. The van der Waals surface area contributed by atoms with E-state index >= 15 is 0 Å². The molecule has 0 aromatic heterocycles. The fraction of sp³-hybridized carbons (Fsp3) is 0.625. The molecule has 0 atom stereocenters. The third kappa shape index (κ3) is 3.85. The van der Waals surface area contributed by atoms with E-state index in [-0.39, 0.29) is 0 Å². The SMILES string of the molecule is CC/C(C)=N/N=C(C)/C(C)=N/O. The lowest BCUT2D eigenvalue weighted by atomic mass is 10.3. The predicted octanol–water partition coefficient (Wildman–Crippen LogP) is 2.08. The van der Waals surface area contributed by atoms with Crippen LogP contribution in [-0.4, -0.2) is 22.3 Å². The van der Waals surface area contributed by atoms with Gasteiger partial charge in [0.2, 0.25) is 0 Å². The van der Waals surface area contributed by atoms with Crippen LogP contribution in [0.1, 0.15) is 34.1 Å². The van der Waals surface area contributed by atoms with Gasteiger partial charge in [-0.3, -0.25) is 0 Å². The number of oxime groups is 1. The lowest BCUT2D eigenvalue weighted by molar-refractivity contribution is 0.320. The third-order valence-corrected chi connectivity index (χ3v) is 1.56. The summed E-state index contributed by atoms with van der Waals surface area (Å²) in [5.74, 6) is 0. The summed E-state index contributed by atoms with van der Waals surface area (Å²) in [6, 6.07) is 0. The molecule has 12 heavy (non-hydrogen) atoms. The Bertz CT molecular complexity index is 228. The Morgan fingerprint density at radius 2 is 1.67 bits per heavy atom. The van der Waals surface area contributed by atoms with Crippen molar-refractivity contribution in [3.63, 3.8) is 0 Å². The van der Waals surface area contributed by atoms with Gasteiger partial charge >= 0.3 is 0 Å². The first-order chi connectivity index (χ1) is 5.61. The first-order valence-electron chi connectivity index (χ1n) is 3.88. The zero-order chi connectivity index (χ0) is 9.56. The molecule has 4 nitrogen and oxygen atoms in total. The maximum atomic E-state index is 8.39.